The quantitative estimate of drug-likeness (QED) is 0.798. The van der Waals surface area contributed by atoms with Crippen LogP contribution in [0.15, 0.2) is 24.3 Å². The predicted molar refractivity (Wildman–Crippen MR) is 67.6 cm³/mol. The third-order valence-corrected chi connectivity index (χ3v) is 3.94. The fraction of sp³-hybridized carbons (Fsp3) is 0.600. The zero-order valence-corrected chi connectivity index (χ0v) is 11.2. The number of benzene rings is 1. The van der Waals surface area contributed by atoms with Crippen LogP contribution in [-0.2, 0) is 11.8 Å². The lowest BCUT2D eigenvalue weighted by Gasteiger charge is -2.42. The van der Waals surface area contributed by atoms with E-state index < -0.39 is 17.3 Å². The lowest BCUT2D eigenvalue weighted by atomic mass is 9.67. The van der Waals surface area contributed by atoms with Crippen LogP contribution in [0.25, 0.3) is 0 Å². The monoisotopic (exact) mass is 272 g/mol. The fourth-order valence-corrected chi connectivity index (χ4v) is 3.06. The topological polar surface area (TPSA) is 20.2 Å². The molecule has 0 aliphatic heterocycles. The van der Waals surface area contributed by atoms with Crippen LogP contribution >= 0.6 is 0 Å². The molecule has 1 N–H and O–H groups in total. The zero-order chi connectivity index (χ0) is 14.3. The molecule has 1 fully saturated rings. The molecule has 1 aliphatic carbocycles. The van der Waals surface area contributed by atoms with Gasteiger partial charge < -0.3 is 5.11 Å². The first-order valence-electron chi connectivity index (χ1n) is 6.53. The third-order valence-electron chi connectivity index (χ3n) is 3.94. The summed E-state index contributed by atoms with van der Waals surface area (Å²) in [6.07, 6.45) is -1.51. The van der Waals surface area contributed by atoms with Crippen molar-refractivity contribution < 1.29 is 18.3 Å². The van der Waals surface area contributed by atoms with Crippen molar-refractivity contribution in [3.8, 4) is 0 Å². The highest BCUT2D eigenvalue weighted by Crippen LogP contribution is 2.46. The highest BCUT2D eigenvalue weighted by atomic mass is 19.4. The maximum atomic E-state index is 12.7. The van der Waals surface area contributed by atoms with E-state index in [1.807, 2.05) is 13.8 Å². The molecule has 1 saturated carbocycles. The Morgan fingerprint density at radius 1 is 1.16 bits per heavy atom. The molecule has 0 amide bonds. The van der Waals surface area contributed by atoms with Gasteiger partial charge in [-0.15, -0.1) is 0 Å². The lowest BCUT2D eigenvalue weighted by Crippen LogP contribution is -2.36. The molecule has 0 spiro atoms. The van der Waals surface area contributed by atoms with E-state index in [0.29, 0.717) is 18.4 Å². The number of aliphatic hydroxyl groups is 1. The Morgan fingerprint density at radius 2 is 1.84 bits per heavy atom. The molecule has 1 nitrogen and oxygen atoms in total. The summed E-state index contributed by atoms with van der Waals surface area (Å²) < 4.78 is 38.2. The third kappa shape index (κ3) is 3.11. The van der Waals surface area contributed by atoms with Crippen LogP contribution in [-0.4, -0.2) is 5.11 Å². The van der Waals surface area contributed by atoms with Gasteiger partial charge in [0.15, 0.2) is 0 Å². The van der Waals surface area contributed by atoms with Crippen molar-refractivity contribution in [1.29, 1.82) is 0 Å². The Kier molecular flexibility index (Phi) is 3.42. The maximum absolute atomic E-state index is 12.7. The molecule has 4 heteroatoms. The van der Waals surface area contributed by atoms with E-state index in [2.05, 4.69) is 0 Å². The Hall–Kier alpha value is -1.03. The SMILES string of the molecule is CC1(C)CCCC(O)(c2cccc(C(F)(F)F)c2)C1. The second-order valence-corrected chi connectivity index (χ2v) is 6.30. The van der Waals surface area contributed by atoms with Gasteiger partial charge in [0.25, 0.3) is 0 Å². The summed E-state index contributed by atoms with van der Waals surface area (Å²) in [5.41, 5.74) is -1.48. The molecular weight excluding hydrogens is 253 g/mol. The van der Waals surface area contributed by atoms with Gasteiger partial charge in [0.2, 0.25) is 0 Å². The molecule has 1 aromatic carbocycles. The molecule has 0 bridgehead atoms. The summed E-state index contributed by atoms with van der Waals surface area (Å²) in [5.74, 6) is 0. The van der Waals surface area contributed by atoms with E-state index in [9.17, 15) is 18.3 Å². The van der Waals surface area contributed by atoms with Crippen molar-refractivity contribution in [1.82, 2.24) is 0 Å². The molecule has 1 aliphatic rings. The van der Waals surface area contributed by atoms with Gasteiger partial charge in [0, 0.05) is 0 Å². The minimum absolute atomic E-state index is 0.0404. The van der Waals surface area contributed by atoms with Gasteiger partial charge >= 0.3 is 6.18 Å². The Bertz CT molecular complexity index is 465. The lowest BCUT2D eigenvalue weighted by molar-refractivity contribution is -0.137. The average molecular weight is 272 g/mol. The maximum Gasteiger partial charge on any atom is 0.416 e. The summed E-state index contributed by atoms with van der Waals surface area (Å²) >= 11 is 0. The second-order valence-electron chi connectivity index (χ2n) is 6.30. The zero-order valence-electron chi connectivity index (χ0n) is 11.2. The van der Waals surface area contributed by atoms with E-state index in [1.54, 1.807) is 6.07 Å². The van der Waals surface area contributed by atoms with Crippen LogP contribution in [0, 0.1) is 5.41 Å². The molecule has 19 heavy (non-hydrogen) atoms. The van der Waals surface area contributed by atoms with Crippen LogP contribution in [0.3, 0.4) is 0 Å². The first-order valence-corrected chi connectivity index (χ1v) is 6.53. The predicted octanol–water partition coefficient (Wildman–Crippen LogP) is 4.49. The van der Waals surface area contributed by atoms with Crippen molar-refractivity contribution in [3.05, 3.63) is 35.4 Å². The summed E-state index contributed by atoms with van der Waals surface area (Å²) in [5, 5.41) is 10.7. The molecule has 0 saturated heterocycles. The summed E-state index contributed by atoms with van der Waals surface area (Å²) in [6, 6.07) is 5.09. The normalized spacial score (nSPS) is 27.3. The smallest absolute Gasteiger partial charge is 0.385 e. The standard InChI is InChI=1S/C15H19F3O/c1-13(2)7-4-8-14(19,10-13)11-5-3-6-12(9-11)15(16,17)18/h3,5-6,9,19H,4,7-8,10H2,1-2H3. The number of hydrogen-bond acceptors (Lipinski definition) is 1. The molecule has 2 rings (SSSR count). The first-order chi connectivity index (χ1) is 8.62. The molecule has 1 unspecified atom stereocenters. The van der Waals surface area contributed by atoms with Crippen molar-refractivity contribution in [3.63, 3.8) is 0 Å². The van der Waals surface area contributed by atoms with E-state index in [4.69, 9.17) is 0 Å². The van der Waals surface area contributed by atoms with Crippen LogP contribution in [0.4, 0.5) is 13.2 Å². The number of halogens is 3. The number of rotatable bonds is 1. The molecule has 1 aromatic rings. The Labute approximate surface area is 111 Å². The van der Waals surface area contributed by atoms with Crippen LogP contribution < -0.4 is 0 Å². The van der Waals surface area contributed by atoms with E-state index >= 15 is 0 Å². The second kappa shape index (κ2) is 4.51. The van der Waals surface area contributed by atoms with E-state index in [1.165, 1.54) is 6.07 Å². The van der Waals surface area contributed by atoms with Gasteiger partial charge in [-0.05, 0) is 48.8 Å². The van der Waals surface area contributed by atoms with Crippen LogP contribution in [0.5, 0.6) is 0 Å². The van der Waals surface area contributed by atoms with Gasteiger partial charge in [-0.1, -0.05) is 26.0 Å². The molecular formula is C15H19F3O. The highest BCUT2D eigenvalue weighted by molar-refractivity contribution is 5.30. The van der Waals surface area contributed by atoms with Crippen molar-refractivity contribution in [2.24, 2.45) is 5.41 Å². The van der Waals surface area contributed by atoms with Crippen LogP contribution in [0.1, 0.15) is 50.7 Å². The van der Waals surface area contributed by atoms with E-state index in [-0.39, 0.29) is 5.41 Å². The molecule has 0 radical (unpaired) electrons. The van der Waals surface area contributed by atoms with Gasteiger partial charge in [0.05, 0.1) is 11.2 Å². The van der Waals surface area contributed by atoms with Crippen molar-refractivity contribution in [2.45, 2.75) is 51.3 Å². The fourth-order valence-electron chi connectivity index (χ4n) is 3.06. The molecule has 106 valence electrons. The van der Waals surface area contributed by atoms with Crippen molar-refractivity contribution in [2.75, 3.05) is 0 Å². The minimum Gasteiger partial charge on any atom is -0.385 e. The summed E-state index contributed by atoms with van der Waals surface area (Å²) in [6.45, 7) is 4.09. The Morgan fingerprint density at radius 3 is 2.42 bits per heavy atom. The number of hydrogen-bond donors (Lipinski definition) is 1. The summed E-state index contributed by atoms with van der Waals surface area (Å²) in [7, 11) is 0. The van der Waals surface area contributed by atoms with E-state index in [0.717, 1.165) is 25.0 Å². The number of alkyl halides is 3. The van der Waals surface area contributed by atoms with Crippen LogP contribution in [0.2, 0.25) is 0 Å². The highest BCUT2D eigenvalue weighted by Gasteiger charge is 2.40. The first kappa shape index (κ1) is 14.4. The summed E-state index contributed by atoms with van der Waals surface area (Å²) in [4.78, 5) is 0. The largest absolute Gasteiger partial charge is 0.416 e. The minimum atomic E-state index is -4.36. The van der Waals surface area contributed by atoms with Gasteiger partial charge in [-0.25, -0.2) is 0 Å². The van der Waals surface area contributed by atoms with Gasteiger partial charge in [-0.3, -0.25) is 0 Å². The molecule has 0 aromatic heterocycles. The molecule has 0 heterocycles. The average Bonchev–Trinajstić information content (AvgIpc) is 2.26. The Balaban J connectivity index is 2.36. The van der Waals surface area contributed by atoms with Gasteiger partial charge in [-0.2, -0.15) is 13.2 Å². The molecule has 1 atom stereocenters. The van der Waals surface area contributed by atoms with Gasteiger partial charge in [0.1, 0.15) is 0 Å². The van der Waals surface area contributed by atoms with Crippen molar-refractivity contribution >= 4 is 0 Å².